The zero-order valence-corrected chi connectivity index (χ0v) is 10.4. The first-order valence-electron chi connectivity index (χ1n) is 5.36. The van der Waals surface area contributed by atoms with Gasteiger partial charge in [0, 0.05) is 16.8 Å². The maximum absolute atomic E-state index is 5.74. The summed E-state index contributed by atoms with van der Waals surface area (Å²) in [5.74, 6) is 0. The molecule has 3 heteroatoms. The Labute approximate surface area is 95.2 Å². The molecule has 2 rings (SSSR count). The topological polar surface area (TPSA) is 38.9 Å². The molecule has 1 saturated carbocycles. The van der Waals surface area contributed by atoms with E-state index < -0.39 is 0 Å². The molecule has 0 saturated heterocycles. The van der Waals surface area contributed by atoms with Crippen LogP contribution >= 0.6 is 11.3 Å². The fourth-order valence-electron chi connectivity index (χ4n) is 1.60. The lowest BCUT2D eigenvalue weighted by atomic mass is 9.87. The molecule has 1 heterocycles. The average Bonchev–Trinajstić information content (AvgIpc) is 2.49. The van der Waals surface area contributed by atoms with Crippen molar-refractivity contribution in [2.24, 2.45) is 5.73 Å². The fourth-order valence-corrected chi connectivity index (χ4v) is 2.63. The Morgan fingerprint density at radius 3 is 2.60 bits per heavy atom. The van der Waals surface area contributed by atoms with Gasteiger partial charge in [-0.25, -0.2) is 4.98 Å². The van der Waals surface area contributed by atoms with Gasteiger partial charge in [-0.3, -0.25) is 0 Å². The molecule has 0 atom stereocenters. The van der Waals surface area contributed by atoms with Gasteiger partial charge >= 0.3 is 0 Å². The minimum absolute atomic E-state index is 0.156. The van der Waals surface area contributed by atoms with Crippen molar-refractivity contribution in [3.63, 3.8) is 0 Å². The molecule has 0 spiro atoms. The van der Waals surface area contributed by atoms with Gasteiger partial charge in [0.05, 0.1) is 5.69 Å². The van der Waals surface area contributed by atoms with Crippen LogP contribution in [0.2, 0.25) is 0 Å². The van der Waals surface area contributed by atoms with Crippen LogP contribution < -0.4 is 5.73 Å². The zero-order chi connectivity index (χ0) is 11.1. The SMILES string of the molecule is CC(C)(C)c1csc(C=C2CC(N)C2)n1. The van der Waals surface area contributed by atoms with Gasteiger partial charge in [0.1, 0.15) is 5.01 Å². The van der Waals surface area contributed by atoms with E-state index >= 15 is 0 Å². The first kappa shape index (κ1) is 10.8. The molecular weight excluding hydrogens is 204 g/mol. The van der Waals surface area contributed by atoms with Crippen LogP contribution in [0.25, 0.3) is 6.08 Å². The van der Waals surface area contributed by atoms with E-state index in [2.05, 4.69) is 37.2 Å². The molecule has 0 aliphatic heterocycles. The van der Waals surface area contributed by atoms with E-state index in [1.165, 1.54) is 11.3 Å². The summed E-state index contributed by atoms with van der Waals surface area (Å²) >= 11 is 1.73. The quantitative estimate of drug-likeness (QED) is 0.793. The number of nitrogens with zero attached hydrogens (tertiary/aromatic N) is 1. The summed E-state index contributed by atoms with van der Waals surface area (Å²) in [6.07, 6.45) is 4.29. The van der Waals surface area contributed by atoms with Gasteiger partial charge in [-0.15, -0.1) is 11.3 Å². The summed E-state index contributed by atoms with van der Waals surface area (Å²) in [5.41, 5.74) is 8.52. The van der Waals surface area contributed by atoms with E-state index in [0.717, 1.165) is 17.8 Å². The summed E-state index contributed by atoms with van der Waals surface area (Å²) in [6.45, 7) is 6.58. The molecule has 82 valence electrons. The molecule has 0 amide bonds. The van der Waals surface area contributed by atoms with Crippen molar-refractivity contribution in [3.8, 4) is 0 Å². The first-order valence-corrected chi connectivity index (χ1v) is 6.24. The molecular formula is C12H18N2S. The van der Waals surface area contributed by atoms with Crippen molar-refractivity contribution in [2.45, 2.75) is 45.1 Å². The average molecular weight is 222 g/mol. The molecule has 0 radical (unpaired) electrons. The zero-order valence-electron chi connectivity index (χ0n) is 9.58. The Morgan fingerprint density at radius 1 is 1.47 bits per heavy atom. The van der Waals surface area contributed by atoms with Crippen LogP contribution in [-0.4, -0.2) is 11.0 Å². The number of rotatable bonds is 1. The molecule has 1 aromatic rings. The molecule has 0 unspecified atom stereocenters. The molecule has 1 aromatic heterocycles. The van der Waals surface area contributed by atoms with Gasteiger partial charge in [0.15, 0.2) is 0 Å². The predicted molar refractivity (Wildman–Crippen MR) is 66.0 cm³/mol. The van der Waals surface area contributed by atoms with E-state index in [-0.39, 0.29) is 5.41 Å². The molecule has 0 bridgehead atoms. The summed E-state index contributed by atoms with van der Waals surface area (Å²) < 4.78 is 0. The minimum Gasteiger partial charge on any atom is -0.327 e. The highest BCUT2D eigenvalue weighted by Gasteiger charge is 2.20. The van der Waals surface area contributed by atoms with Crippen molar-refractivity contribution >= 4 is 17.4 Å². The molecule has 2 N–H and O–H groups in total. The Balaban J connectivity index is 2.11. The lowest BCUT2D eigenvalue weighted by Crippen LogP contribution is -2.29. The van der Waals surface area contributed by atoms with Gasteiger partial charge < -0.3 is 5.73 Å². The molecule has 1 fully saturated rings. The van der Waals surface area contributed by atoms with E-state index in [1.54, 1.807) is 11.3 Å². The number of hydrogen-bond donors (Lipinski definition) is 1. The van der Waals surface area contributed by atoms with Crippen LogP contribution in [0.4, 0.5) is 0 Å². The predicted octanol–water partition coefficient (Wildman–Crippen LogP) is 2.95. The van der Waals surface area contributed by atoms with Crippen molar-refractivity contribution < 1.29 is 0 Å². The van der Waals surface area contributed by atoms with Crippen LogP contribution in [-0.2, 0) is 5.41 Å². The number of aromatic nitrogens is 1. The van der Waals surface area contributed by atoms with Gasteiger partial charge in [0.25, 0.3) is 0 Å². The van der Waals surface area contributed by atoms with E-state index in [9.17, 15) is 0 Å². The molecule has 15 heavy (non-hydrogen) atoms. The third kappa shape index (κ3) is 2.47. The highest BCUT2D eigenvalue weighted by molar-refractivity contribution is 7.10. The summed E-state index contributed by atoms with van der Waals surface area (Å²) in [4.78, 5) is 4.63. The van der Waals surface area contributed by atoms with Crippen molar-refractivity contribution in [2.75, 3.05) is 0 Å². The Morgan fingerprint density at radius 2 is 2.13 bits per heavy atom. The van der Waals surface area contributed by atoms with E-state index in [0.29, 0.717) is 6.04 Å². The van der Waals surface area contributed by atoms with Crippen molar-refractivity contribution in [1.82, 2.24) is 4.98 Å². The second kappa shape index (κ2) is 3.72. The van der Waals surface area contributed by atoms with Gasteiger partial charge in [-0.2, -0.15) is 0 Å². The fraction of sp³-hybridized carbons (Fsp3) is 0.583. The van der Waals surface area contributed by atoms with Crippen LogP contribution in [0, 0.1) is 0 Å². The largest absolute Gasteiger partial charge is 0.327 e. The standard InChI is InChI=1S/C12H18N2S/c1-12(2,3)10-7-15-11(14-10)6-8-4-9(13)5-8/h6-7,9H,4-5,13H2,1-3H3. The van der Waals surface area contributed by atoms with Crippen LogP contribution in [0.3, 0.4) is 0 Å². The molecule has 1 aliphatic rings. The monoisotopic (exact) mass is 222 g/mol. The Bertz CT molecular complexity index is 377. The molecule has 0 aromatic carbocycles. The van der Waals surface area contributed by atoms with Crippen LogP contribution in [0.15, 0.2) is 11.0 Å². The number of hydrogen-bond acceptors (Lipinski definition) is 3. The Kier molecular flexibility index (Phi) is 2.69. The maximum atomic E-state index is 5.74. The van der Waals surface area contributed by atoms with Crippen molar-refractivity contribution in [1.29, 1.82) is 0 Å². The highest BCUT2D eigenvalue weighted by Crippen LogP contribution is 2.29. The lowest BCUT2D eigenvalue weighted by molar-refractivity contribution is 0.546. The second-order valence-corrected chi connectivity index (χ2v) is 6.18. The minimum atomic E-state index is 0.156. The van der Waals surface area contributed by atoms with E-state index in [4.69, 9.17) is 5.73 Å². The van der Waals surface area contributed by atoms with Gasteiger partial charge in [-0.1, -0.05) is 26.3 Å². The normalized spacial score (nSPS) is 21.3. The van der Waals surface area contributed by atoms with E-state index in [1.807, 2.05) is 0 Å². The molecule has 2 nitrogen and oxygen atoms in total. The summed E-state index contributed by atoms with van der Waals surface area (Å²) in [7, 11) is 0. The van der Waals surface area contributed by atoms with Gasteiger partial charge in [-0.05, 0) is 18.9 Å². The smallest absolute Gasteiger partial charge is 0.116 e. The van der Waals surface area contributed by atoms with Crippen LogP contribution in [0.1, 0.15) is 44.3 Å². The van der Waals surface area contributed by atoms with Crippen LogP contribution in [0.5, 0.6) is 0 Å². The third-order valence-corrected chi connectivity index (χ3v) is 3.46. The molecule has 1 aliphatic carbocycles. The summed E-state index contributed by atoms with van der Waals surface area (Å²) in [6, 6.07) is 0.387. The Hall–Kier alpha value is -0.670. The van der Waals surface area contributed by atoms with Crippen molar-refractivity contribution in [3.05, 3.63) is 21.7 Å². The third-order valence-electron chi connectivity index (χ3n) is 2.67. The lowest BCUT2D eigenvalue weighted by Gasteiger charge is -2.24. The number of nitrogens with two attached hydrogens (primary N) is 1. The summed E-state index contributed by atoms with van der Waals surface area (Å²) in [5, 5.41) is 3.28. The van der Waals surface area contributed by atoms with Gasteiger partial charge in [0.2, 0.25) is 0 Å². The second-order valence-electron chi connectivity index (χ2n) is 5.29. The maximum Gasteiger partial charge on any atom is 0.116 e. The highest BCUT2D eigenvalue weighted by atomic mass is 32.1. The first-order chi connectivity index (χ1) is 6.95. The number of thiazole rings is 1.